The van der Waals surface area contributed by atoms with Crippen molar-refractivity contribution in [2.24, 2.45) is 17.8 Å². The summed E-state index contributed by atoms with van der Waals surface area (Å²) in [7, 11) is 0. The zero-order valence-electron chi connectivity index (χ0n) is 22.9. The molecule has 4 aliphatic rings. The van der Waals surface area contributed by atoms with Crippen LogP contribution in [0.4, 0.5) is 0 Å². The largest absolute Gasteiger partial charge is 0.454 e. The maximum Gasteiger partial charge on any atom is 0.330 e. The molecule has 3 aromatic rings. The molecule has 1 saturated heterocycles. The monoisotopic (exact) mass is 585 g/mol. The molecule has 214 valence electrons. The van der Waals surface area contributed by atoms with E-state index in [1.54, 1.807) is 13.8 Å². The number of esters is 1. The predicted octanol–water partition coefficient (Wildman–Crippen LogP) is 3.56. The van der Waals surface area contributed by atoms with E-state index in [4.69, 9.17) is 16.3 Å². The Labute approximate surface area is 247 Å². The summed E-state index contributed by atoms with van der Waals surface area (Å²) in [6.45, 7) is 2.73. The third kappa shape index (κ3) is 4.44. The first-order valence-corrected chi connectivity index (χ1v) is 14.1. The van der Waals surface area contributed by atoms with Gasteiger partial charge in [-0.05, 0) is 52.4 Å². The van der Waals surface area contributed by atoms with Gasteiger partial charge in [0.05, 0.1) is 11.8 Å². The number of halogens is 1. The third-order valence-corrected chi connectivity index (χ3v) is 8.65. The van der Waals surface area contributed by atoms with E-state index in [0.717, 1.165) is 27.2 Å². The van der Waals surface area contributed by atoms with E-state index in [-0.39, 0.29) is 17.4 Å². The van der Waals surface area contributed by atoms with Crippen LogP contribution < -0.4 is 10.9 Å². The maximum atomic E-state index is 14.0. The Morgan fingerprint density at radius 2 is 1.26 bits per heavy atom. The van der Waals surface area contributed by atoms with Crippen molar-refractivity contribution in [3.63, 3.8) is 0 Å². The van der Waals surface area contributed by atoms with Gasteiger partial charge in [-0.2, -0.15) is 0 Å². The average Bonchev–Trinajstić information content (AvgIpc) is 3.25. The molecule has 0 saturated carbocycles. The summed E-state index contributed by atoms with van der Waals surface area (Å²) < 4.78 is 5.27. The molecule has 0 aromatic heterocycles. The number of hydrazine groups is 1. The highest BCUT2D eigenvalue weighted by atomic mass is 35.5. The highest BCUT2D eigenvalue weighted by molar-refractivity contribution is 6.30. The number of carbonyl (C=O) groups is 5. The molecule has 9 nitrogen and oxygen atoms in total. The van der Waals surface area contributed by atoms with Crippen LogP contribution in [0.25, 0.3) is 0 Å². The first-order valence-electron chi connectivity index (χ1n) is 13.7. The number of amides is 4. The Balaban J connectivity index is 1.18. The molecule has 3 atom stereocenters. The van der Waals surface area contributed by atoms with Crippen LogP contribution in [0.2, 0.25) is 5.02 Å². The summed E-state index contributed by atoms with van der Waals surface area (Å²) in [5.41, 5.74) is 8.83. The number of hydrogen-bond donors (Lipinski definition) is 2. The second-order valence-electron chi connectivity index (χ2n) is 11.1. The van der Waals surface area contributed by atoms with Crippen molar-refractivity contribution in [1.29, 1.82) is 0 Å². The smallest absolute Gasteiger partial charge is 0.330 e. The molecule has 4 amide bonds. The number of carbonyl (C=O) groups excluding carboxylic acids is 5. The number of hydrogen-bond acceptors (Lipinski definition) is 6. The van der Waals surface area contributed by atoms with Gasteiger partial charge < -0.3 is 4.74 Å². The molecule has 10 heteroatoms. The molecule has 0 unspecified atom stereocenters. The van der Waals surface area contributed by atoms with Crippen LogP contribution in [0.3, 0.4) is 0 Å². The Morgan fingerprint density at radius 1 is 0.786 bits per heavy atom. The summed E-state index contributed by atoms with van der Waals surface area (Å²) in [5.74, 6) is -5.38. The fraction of sp³-hybridized carbons (Fsp3) is 0.281. The molecule has 1 fully saturated rings. The lowest BCUT2D eigenvalue weighted by atomic mass is 9.55. The number of benzene rings is 3. The van der Waals surface area contributed by atoms with E-state index >= 15 is 0 Å². The van der Waals surface area contributed by atoms with Crippen LogP contribution in [-0.2, 0) is 23.9 Å². The Bertz CT molecular complexity index is 1500. The zero-order valence-corrected chi connectivity index (χ0v) is 23.6. The van der Waals surface area contributed by atoms with Gasteiger partial charge in [-0.1, -0.05) is 74.0 Å². The fourth-order valence-corrected chi connectivity index (χ4v) is 6.83. The summed E-state index contributed by atoms with van der Waals surface area (Å²) in [6.07, 6.45) is 0. The normalized spacial score (nSPS) is 22.2. The zero-order chi connectivity index (χ0) is 29.7. The highest BCUT2D eigenvalue weighted by Gasteiger charge is 2.63. The van der Waals surface area contributed by atoms with E-state index in [2.05, 4.69) is 10.9 Å². The standard InChI is InChI=1S/C32H28ClN3O6/c1-16(2)28(32(41)42-15-23(37)34-35-29(38)17-11-13-18(33)14-12-17)36-30(39)26-24-19-7-3-4-8-20(19)25(27(26)31(36)40)22-10-6-5-9-21(22)24/h3-14,16,24-28H,15H2,1-2H3,(H,34,37)(H,35,38)/t24?,25?,26-,27+,28-/m0/s1. The molecule has 1 aliphatic heterocycles. The number of nitrogens with zero attached hydrogens (tertiary/aromatic N) is 1. The van der Waals surface area contributed by atoms with Crippen molar-refractivity contribution in [3.05, 3.63) is 106 Å². The van der Waals surface area contributed by atoms with Crippen molar-refractivity contribution in [2.45, 2.75) is 31.7 Å². The topological polar surface area (TPSA) is 122 Å². The molecule has 0 radical (unpaired) electrons. The number of rotatable bonds is 6. The van der Waals surface area contributed by atoms with Gasteiger partial charge in [-0.15, -0.1) is 0 Å². The van der Waals surface area contributed by atoms with Crippen LogP contribution >= 0.6 is 11.6 Å². The van der Waals surface area contributed by atoms with E-state index in [0.29, 0.717) is 5.02 Å². The minimum absolute atomic E-state index is 0.266. The van der Waals surface area contributed by atoms with Gasteiger partial charge in [0.25, 0.3) is 11.8 Å². The van der Waals surface area contributed by atoms with E-state index in [1.165, 1.54) is 24.3 Å². The number of likely N-dealkylation sites (tertiary alicyclic amines) is 1. The van der Waals surface area contributed by atoms with Gasteiger partial charge in [0.1, 0.15) is 6.04 Å². The summed E-state index contributed by atoms with van der Waals surface area (Å²) in [6, 6.07) is 20.6. The molecule has 2 N–H and O–H groups in total. The van der Waals surface area contributed by atoms with Gasteiger partial charge in [-0.3, -0.25) is 34.9 Å². The lowest BCUT2D eigenvalue weighted by Crippen LogP contribution is -2.50. The Kier molecular flexibility index (Phi) is 7.06. The first kappa shape index (κ1) is 27.7. The number of ether oxygens (including phenoxy) is 1. The predicted molar refractivity (Wildman–Crippen MR) is 152 cm³/mol. The number of nitrogens with one attached hydrogen (secondary N) is 2. The minimum Gasteiger partial charge on any atom is -0.454 e. The van der Waals surface area contributed by atoms with Crippen molar-refractivity contribution < 1.29 is 28.7 Å². The highest BCUT2D eigenvalue weighted by Crippen LogP contribution is 2.61. The quantitative estimate of drug-likeness (QED) is 0.259. The van der Waals surface area contributed by atoms with Crippen LogP contribution in [0.5, 0.6) is 0 Å². The minimum atomic E-state index is -1.21. The summed E-state index contributed by atoms with van der Waals surface area (Å²) in [4.78, 5) is 67.1. The van der Waals surface area contributed by atoms with Gasteiger partial charge >= 0.3 is 5.97 Å². The maximum absolute atomic E-state index is 14.0. The van der Waals surface area contributed by atoms with Crippen molar-refractivity contribution in [2.75, 3.05) is 6.61 Å². The number of imide groups is 1. The second-order valence-corrected chi connectivity index (χ2v) is 11.6. The summed E-state index contributed by atoms with van der Waals surface area (Å²) in [5, 5.41) is 0.457. The first-order chi connectivity index (χ1) is 20.2. The second kappa shape index (κ2) is 10.7. The van der Waals surface area contributed by atoms with Gasteiger partial charge in [0.2, 0.25) is 11.8 Å². The Hall–Kier alpha value is -4.50. The molecule has 3 aliphatic carbocycles. The van der Waals surface area contributed by atoms with Crippen molar-refractivity contribution in [1.82, 2.24) is 15.8 Å². The van der Waals surface area contributed by atoms with Crippen LogP contribution in [0, 0.1) is 17.8 Å². The van der Waals surface area contributed by atoms with Gasteiger partial charge in [0.15, 0.2) is 6.61 Å². The SMILES string of the molecule is CC(C)[C@@H](C(=O)OCC(=O)NNC(=O)c1ccc(Cl)cc1)N1C(=O)[C@@H]2C3c4ccccc4C(c4ccccc43)[C@@H]2C1=O. The van der Waals surface area contributed by atoms with Crippen LogP contribution in [0.1, 0.15) is 58.3 Å². The van der Waals surface area contributed by atoms with Crippen molar-refractivity contribution in [3.8, 4) is 0 Å². The molecule has 0 spiro atoms. The molecular formula is C32H28ClN3O6. The fourth-order valence-electron chi connectivity index (χ4n) is 6.71. The van der Waals surface area contributed by atoms with E-state index in [9.17, 15) is 24.0 Å². The van der Waals surface area contributed by atoms with Gasteiger partial charge in [0, 0.05) is 22.4 Å². The molecule has 1 heterocycles. The molecular weight excluding hydrogens is 558 g/mol. The van der Waals surface area contributed by atoms with Crippen LogP contribution in [-0.4, -0.2) is 47.1 Å². The average molecular weight is 586 g/mol. The lowest BCUT2D eigenvalue weighted by molar-refractivity contribution is -0.162. The van der Waals surface area contributed by atoms with Crippen molar-refractivity contribution >= 4 is 41.2 Å². The van der Waals surface area contributed by atoms with E-state index in [1.807, 2.05) is 48.5 Å². The lowest BCUT2D eigenvalue weighted by Gasteiger charge is -2.45. The Morgan fingerprint density at radius 3 is 1.71 bits per heavy atom. The molecule has 3 aromatic carbocycles. The van der Waals surface area contributed by atoms with Gasteiger partial charge in [-0.25, -0.2) is 4.79 Å². The summed E-state index contributed by atoms with van der Waals surface area (Å²) >= 11 is 5.83. The molecule has 2 bridgehead atoms. The molecule has 7 rings (SSSR count). The molecule has 42 heavy (non-hydrogen) atoms. The van der Waals surface area contributed by atoms with Crippen LogP contribution in [0.15, 0.2) is 72.8 Å². The van der Waals surface area contributed by atoms with E-state index < -0.39 is 60.0 Å². The third-order valence-electron chi connectivity index (χ3n) is 8.40.